The highest BCUT2D eigenvalue weighted by Gasteiger charge is 2.20. The lowest BCUT2D eigenvalue weighted by atomic mass is 10.0. The van der Waals surface area contributed by atoms with E-state index in [1.807, 2.05) is 25.1 Å². The molecule has 0 spiro atoms. The van der Waals surface area contributed by atoms with Crippen LogP contribution < -0.4 is 5.32 Å². The minimum atomic E-state index is 0.0408. The molecule has 0 radical (unpaired) electrons. The molecule has 0 bridgehead atoms. The highest BCUT2D eigenvalue weighted by atomic mass is 35.5. The second kappa shape index (κ2) is 6.40. The molecule has 0 unspecified atom stereocenters. The van der Waals surface area contributed by atoms with Crippen LogP contribution in [-0.2, 0) is 4.79 Å². The molecule has 1 fully saturated rings. The average molecular weight is 281 g/mol. The largest absolute Gasteiger partial charge is 0.325 e. The fraction of sp³-hybridized carbons (Fsp3) is 0.533. The SMILES string of the molecule is Cc1c(Cl)cccc1NC(=O)CN1CCCC[C@@H]1C. The standard InChI is InChI=1S/C15H21ClN2O/c1-11-6-3-4-9-18(11)10-15(19)17-14-8-5-7-13(16)12(14)2/h5,7-8,11H,3-4,6,9-10H2,1-2H3,(H,17,19)/t11-/m0/s1. The molecule has 0 aromatic heterocycles. The van der Waals surface area contributed by atoms with E-state index < -0.39 is 0 Å². The maximum Gasteiger partial charge on any atom is 0.238 e. The molecule has 1 heterocycles. The summed E-state index contributed by atoms with van der Waals surface area (Å²) in [5, 5.41) is 3.64. The Morgan fingerprint density at radius 3 is 3.00 bits per heavy atom. The monoisotopic (exact) mass is 280 g/mol. The summed E-state index contributed by atoms with van der Waals surface area (Å²) in [5.41, 5.74) is 1.73. The molecule has 0 aliphatic carbocycles. The molecule has 1 saturated heterocycles. The van der Waals surface area contributed by atoms with Crippen molar-refractivity contribution in [3.05, 3.63) is 28.8 Å². The summed E-state index contributed by atoms with van der Waals surface area (Å²) >= 11 is 6.05. The van der Waals surface area contributed by atoms with E-state index in [1.54, 1.807) is 0 Å². The molecule has 104 valence electrons. The van der Waals surface area contributed by atoms with E-state index in [1.165, 1.54) is 19.3 Å². The first-order valence-corrected chi connectivity index (χ1v) is 7.24. The predicted molar refractivity (Wildman–Crippen MR) is 79.7 cm³/mol. The first-order valence-electron chi connectivity index (χ1n) is 6.87. The maximum absolute atomic E-state index is 12.1. The lowest BCUT2D eigenvalue weighted by Gasteiger charge is -2.32. The second-order valence-corrected chi connectivity index (χ2v) is 5.68. The van der Waals surface area contributed by atoms with Gasteiger partial charge in [0.05, 0.1) is 6.54 Å². The Morgan fingerprint density at radius 2 is 2.26 bits per heavy atom. The van der Waals surface area contributed by atoms with Crippen LogP contribution in [0.5, 0.6) is 0 Å². The molecule has 19 heavy (non-hydrogen) atoms. The number of rotatable bonds is 3. The van der Waals surface area contributed by atoms with Crippen molar-refractivity contribution in [2.24, 2.45) is 0 Å². The smallest absolute Gasteiger partial charge is 0.238 e. The van der Waals surface area contributed by atoms with Gasteiger partial charge in [-0.15, -0.1) is 0 Å². The van der Waals surface area contributed by atoms with Gasteiger partial charge in [0, 0.05) is 16.8 Å². The summed E-state index contributed by atoms with van der Waals surface area (Å²) in [5.74, 6) is 0.0408. The number of likely N-dealkylation sites (tertiary alicyclic amines) is 1. The number of amides is 1. The van der Waals surface area contributed by atoms with E-state index in [4.69, 9.17) is 11.6 Å². The summed E-state index contributed by atoms with van der Waals surface area (Å²) in [4.78, 5) is 14.3. The van der Waals surface area contributed by atoms with Crippen LogP contribution in [0.15, 0.2) is 18.2 Å². The van der Waals surface area contributed by atoms with Crippen LogP contribution in [0.4, 0.5) is 5.69 Å². The number of anilines is 1. The van der Waals surface area contributed by atoms with Gasteiger partial charge in [0.25, 0.3) is 0 Å². The summed E-state index contributed by atoms with van der Waals surface area (Å²) in [6.07, 6.45) is 3.64. The number of benzene rings is 1. The molecule has 0 saturated carbocycles. The summed E-state index contributed by atoms with van der Waals surface area (Å²) < 4.78 is 0. The van der Waals surface area contributed by atoms with Crippen LogP contribution in [0, 0.1) is 6.92 Å². The van der Waals surface area contributed by atoms with Gasteiger partial charge < -0.3 is 5.32 Å². The van der Waals surface area contributed by atoms with E-state index in [2.05, 4.69) is 17.1 Å². The molecular formula is C15H21ClN2O. The van der Waals surface area contributed by atoms with Crippen LogP contribution >= 0.6 is 11.6 Å². The Hall–Kier alpha value is -1.06. The molecular weight excluding hydrogens is 260 g/mol. The molecule has 1 aliphatic rings. The van der Waals surface area contributed by atoms with E-state index in [0.717, 1.165) is 17.8 Å². The highest BCUT2D eigenvalue weighted by Crippen LogP contribution is 2.23. The summed E-state index contributed by atoms with van der Waals surface area (Å²) in [6, 6.07) is 6.08. The maximum atomic E-state index is 12.1. The number of carbonyl (C=O) groups excluding carboxylic acids is 1. The van der Waals surface area contributed by atoms with E-state index in [0.29, 0.717) is 17.6 Å². The van der Waals surface area contributed by atoms with Gasteiger partial charge in [-0.2, -0.15) is 0 Å². The van der Waals surface area contributed by atoms with Crippen molar-refractivity contribution in [2.75, 3.05) is 18.4 Å². The summed E-state index contributed by atoms with van der Waals surface area (Å²) in [6.45, 7) is 5.59. The number of hydrogen-bond donors (Lipinski definition) is 1. The Bertz CT molecular complexity index is 461. The minimum absolute atomic E-state index is 0.0408. The zero-order valence-corrected chi connectivity index (χ0v) is 12.3. The molecule has 1 amide bonds. The van der Waals surface area contributed by atoms with E-state index in [-0.39, 0.29) is 5.91 Å². The zero-order chi connectivity index (χ0) is 13.8. The molecule has 1 aromatic carbocycles. The molecule has 4 heteroatoms. The van der Waals surface area contributed by atoms with Crippen molar-refractivity contribution < 1.29 is 4.79 Å². The topological polar surface area (TPSA) is 32.3 Å². The third-order valence-electron chi connectivity index (χ3n) is 3.83. The normalized spacial score (nSPS) is 20.3. The third kappa shape index (κ3) is 3.71. The van der Waals surface area contributed by atoms with Gasteiger partial charge in [-0.1, -0.05) is 24.1 Å². The van der Waals surface area contributed by atoms with Crippen LogP contribution in [0.1, 0.15) is 31.7 Å². The van der Waals surface area contributed by atoms with Crippen molar-refractivity contribution in [3.8, 4) is 0 Å². The van der Waals surface area contributed by atoms with Crippen molar-refractivity contribution in [1.29, 1.82) is 0 Å². The Morgan fingerprint density at radius 1 is 1.47 bits per heavy atom. The van der Waals surface area contributed by atoms with Gasteiger partial charge in [0.2, 0.25) is 5.91 Å². The van der Waals surface area contributed by atoms with Gasteiger partial charge in [-0.05, 0) is 50.9 Å². The fourth-order valence-electron chi connectivity index (χ4n) is 2.51. The molecule has 1 atom stereocenters. The quantitative estimate of drug-likeness (QED) is 0.920. The minimum Gasteiger partial charge on any atom is -0.325 e. The molecule has 1 N–H and O–H groups in total. The van der Waals surface area contributed by atoms with Gasteiger partial charge >= 0.3 is 0 Å². The van der Waals surface area contributed by atoms with Crippen molar-refractivity contribution in [2.45, 2.75) is 39.2 Å². The average Bonchev–Trinajstić information content (AvgIpc) is 2.38. The lowest BCUT2D eigenvalue weighted by Crippen LogP contribution is -2.42. The number of nitrogens with zero attached hydrogens (tertiary/aromatic N) is 1. The van der Waals surface area contributed by atoms with Gasteiger partial charge in [0.15, 0.2) is 0 Å². The number of nitrogens with one attached hydrogen (secondary N) is 1. The first-order chi connectivity index (χ1) is 9.08. The molecule has 1 aliphatic heterocycles. The van der Waals surface area contributed by atoms with Crippen LogP contribution in [-0.4, -0.2) is 29.9 Å². The Labute approximate surface area is 119 Å². The lowest BCUT2D eigenvalue weighted by molar-refractivity contribution is -0.118. The van der Waals surface area contributed by atoms with Gasteiger partial charge in [-0.3, -0.25) is 9.69 Å². The highest BCUT2D eigenvalue weighted by molar-refractivity contribution is 6.31. The second-order valence-electron chi connectivity index (χ2n) is 5.28. The van der Waals surface area contributed by atoms with Crippen LogP contribution in [0.25, 0.3) is 0 Å². The fourth-order valence-corrected chi connectivity index (χ4v) is 2.68. The zero-order valence-electron chi connectivity index (χ0n) is 11.6. The Balaban J connectivity index is 1.95. The van der Waals surface area contributed by atoms with Crippen LogP contribution in [0.2, 0.25) is 5.02 Å². The number of carbonyl (C=O) groups is 1. The Kier molecular flexibility index (Phi) is 4.83. The predicted octanol–water partition coefficient (Wildman–Crippen LogP) is 3.46. The van der Waals surface area contributed by atoms with Crippen molar-refractivity contribution in [1.82, 2.24) is 4.90 Å². The van der Waals surface area contributed by atoms with Gasteiger partial charge in [-0.25, -0.2) is 0 Å². The van der Waals surface area contributed by atoms with Crippen molar-refractivity contribution in [3.63, 3.8) is 0 Å². The van der Waals surface area contributed by atoms with Crippen LogP contribution in [0.3, 0.4) is 0 Å². The first kappa shape index (κ1) is 14.4. The number of hydrogen-bond acceptors (Lipinski definition) is 2. The van der Waals surface area contributed by atoms with E-state index >= 15 is 0 Å². The van der Waals surface area contributed by atoms with Gasteiger partial charge in [0.1, 0.15) is 0 Å². The number of halogens is 1. The summed E-state index contributed by atoms with van der Waals surface area (Å²) in [7, 11) is 0. The molecule has 3 nitrogen and oxygen atoms in total. The molecule has 1 aromatic rings. The third-order valence-corrected chi connectivity index (χ3v) is 4.24. The molecule has 2 rings (SSSR count). The number of piperidine rings is 1. The van der Waals surface area contributed by atoms with Crippen molar-refractivity contribution >= 4 is 23.2 Å². The van der Waals surface area contributed by atoms with E-state index in [9.17, 15) is 4.79 Å².